The molecule has 192 valence electrons. The number of carbonyl (C=O) groups excluding carboxylic acids is 2. The zero-order valence-corrected chi connectivity index (χ0v) is 21.2. The summed E-state index contributed by atoms with van der Waals surface area (Å²) in [4.78, 5) is 28.4. The van der Waals surface area contributed by atoms with Crippen molar-refractivity contribution < 1.29 is 14.8 Å². The number of unbranched alkanes of at least 4 members (excludes halogenated alkanes) is 3. The Bertz CT molecular complexity index is 942. The molecule has 0 aliphatic heterocycles. The van der Waals surface area contributed by atoms with Gasteiger partial charge in [-0.05, 0) is 92.4 Å². The molecule has 2 amide bonds. The summed E-state index contributed by atoms with van der Waals surface area (Å²) in [7, 11) is 0. The minimum absolute atomic E-state index is 0.0366. The standard InChI is InChI=1S/C27H41N5O3/c1-25-13-19-14-26(2,16-25)18-27(15-19,17-25)31-24(28)30-21-10-8-20(9-11-21)23(34)29-12-6-4-3-5-7-22(33)32-35/h8-11,19,35H,3-7,12-18H2,1-2H3,(H,29,34)(H,32,33)(H3,28,30,31)/t19?,25-,26+,27?. The Morgan fingerprint density at radius 1 is 1.00 bits per heavy atom. The maximum absolute atomic E-state index is 12.4. The zero-order chi connectivity index (χ0) is 25.1. The molecule has 4 atom stereocenters. The lowest BCUT2D eigenvalue weighted by Crippen LogP contribution is -2.58. The number of nitrogens with two attached hydrogens (primary N) is 1. The van der Waals surface area contributed by atoms with E-state index in [2.05, 4.69) is 24.5 Å². The average molecular weight is 484 g/mol. The van der Waals surface area contributed by atoms with E-state index in [0.29, 0.717) is 35.3 Å². The predicted molar refractivity (Wildman–Crippen MR) is 137 cm³/mol. The van der Waals surface area contributed by atoms with Gasteiger partial charge >= 0.3 is 0 Å². The largest absolute Gasteiger partial charge is 0.370 e. The topological polar surface area (TPSA) is 129 Å². The van der Waals surface area contributed by atoms with Gasteiger partial charge in [-0.3, -0.25) is 14.8 Å². The first-order valence-electron chi connectivity index (χ1n) is 13.1. The summed E-state index contributed by atoms with van der Waals surface area (Å²) in [5.74, 6) is 0.768. The van der Waals surface area contributed by atoms with Crippen molar-refractivity contribution in [2.45, 2.75) is 90.0 Å². The molecular formula is C27H41N5O3. The van der Waals surface area contributed by atoms with Gasteiger partial charge in [0.25, 0.3) is 5.91 Å². The second-order valence-corrected chi connectivity index (χ2v) is 12.0. The van der Waals surface area contributed by atoms with Crippen LogP contribution in [0.2, 0.25) is 0 Å². The average Bonchev–Trinajstić information content (AvgIpc) is 2.75. The SMILES string of the molecule is C[C@]12CC3CC(N=C(N)Nc4ccc(C(=O)NCCCCCCC(=O)NO)cc4)(C1)C[C@@](C)(C3)C2. The lowest BCUT2D eigenvalue weighted by atomic mass is 9.43. The van der Waals surface area contributed by atoms with Crippen molar-refractivity contribution in [1.29, 1.82) is 0 Å². The normalized spacial score (nSPS) is 31.3. The smallest absolute Gasteiger partial charge is 0.251 e. The van der Waals surface area contributed by atoms with Crippen LogP contribution in [0.25, 0.3) is 0 Å². The van der Waals surface area contributed by atoms with Crippen molar-refractivity contribution in [3.63, 3.8) is 0 Å². The predicted octanol–water partition coefficient (Wildman–Crippen LogP) is 4.35. The Morgan fingerprint density at radius 2 is 1.66 bits per heavy atom. The van der Waals surface area contributed by atoms with Crippen LogP contribution in [-0.2, 0) is 4.79 Å². The van der Waals surface area contributed by atoms with Gasteiger partial charge < -0.3 is 16.4 Å². The van der Waals surface area contributed by atoms with E-state index in [9.17, 15) is 9.59 Å². The Kier molecular flexibility index (Phi) is 7.40. The highest BCUT2D eigenvalue weighted by atomic mass is 16.5. The van der Waals surface area contributed by atoms with Crippen LogP contribution in [0.5, 0.6) is 0 Å². The highest BCUT2D eigenvalue weighted by Crippen LogP contribution is 2.67. The van der Waals surface area contributed by atoms with Crippen LogP contribution in [0.4, 0.5) is 5.69 Å². The van der Waals surface area contributed by atoms with Gasteiger partial charge in [0, 0.05) is 24.2 Å². The fourth-order valence-corrected chi connectivity index (χ4v) is 7.77. The van der Waals surface area contributed by atoms with Crippen molar-refractivity contribution in [3.05, 3.63) is 29.8 Å². The second-order valence-electron chi connectivity index (χ2n) is 12.0. The molecule has 0 saturated heterocycles. The first-order valence-corrected chi connectivity index (χ1v) is 13.1. The van der Waals surface area contributed by atoms with Gasteiger partial charge in [0.2, 0.25) is 5.91 Å². The molecule has 4 aliphatic rings. The number of carbonyl (C=O) groups is 2. The molecule has 2 unspecified atom stereocenters. The lowest BCUT2D eigenvalue weighted by molar-refractivity contribution is -0.129. The summed E-state index contributed by atoms with van der Waals surface area (Å²) >= 11 is 0. The van der Waals surface area contributed by atoms with Crippen LogP contribution in [-0.4, -0.2) is 35.1 Å². The van der Waals surface area contributed by atoms with Crippen molar-refractivity contribution in [1.82, 2.24) is 10.8 Å². The number of aliphatic imine (C=N–C) groups is 1. The molecule has 4 bridgehead atoms. The van der Waals surface area contributed by atoms with Gasteiger partial charge in [-0.25, -0.2) is 10.5 Å². The van der Waals surface area contributed by atoms with Crippen LogP contribution in [0.3, 0.4) is 0 Å². The molecule has 8 heteroatoms. The van der Waals surface area contributed by atoms with E-state index < -0.39 is 0 Å². The minimum atomic E-state index is -0.360. The molecule has 0 aromatic heterocycles. The number of hydroxylamine groups is 1. The van der Waals surface area contributed by atoms with E-state index in [-0.39, 0.29) is 17.4 Å². The zero-order valence-electron chi connectivity index (χ0n) is 21.2. The number of guanidine groups is 1. The van der Waals surface area contributed by atoms with Crippen LogP contribution in [0.1, 0.15) is 94.8 Å². The van der Waals surface area contributed by atoms with E-state index >= 15 is 0 Å². The lowest BCUT2D eigenvalue weighted by Gasteiger charge is -2.64. The highest BCUT2D eigenvalue weighted by Gasteiger charge is 2.60. The van der Waals surface area contributed by atoms with Gasteiger partial charge in [-0.15, -0.1) is 0 Å². The van der Waals surface area contributed by atoms with E-state index in [1.165, 1.54) is 19.3 Å². The van der Waals surface area contributed by atoms with E-state index in [4.69, 9.17) is 15.9 Å². The third-order valence-corrected chi connectivity index (χ3v) is 8.11. The quantitative estimate of drug-likeness (QED) is 0.111. The van der Waals surface area contributed by atoms with Crippen molar-refractivity contribution in [2.75, 3.05) is 11.9 Å². The van der Waals surface area contributed by atoms with Gasteiger partial charge in [0.05, 0.1) is 5.54 Å². The van der Waals surface area contributed by atoms with E-state index in [0.717, 1.165) is 56.6 Å². The molecule has 0 spiro atoms. The summed E-state index contributed by atoms with van der Waals surface area (Å²) < 4.78 is 0. The Labute approximate surface area is 208 Å². The molecule has 4 saturated carbocycles. The molecule has 6 N–H and O–H groups in total. The molecule has 4 aliphatic carbocycles. The molecule has 0 radical (unpaired) electrons. The molecule has 4 fully saturated rings. The molecule has 0 heterocycles. The number of rotatable bonds is 10. The minimum Gasteiger partial charge on any atom is -0.370 e. The van der Waals surface area contributed by atoms with Gasteiger partial charge in [0.15, 0.2) is 5.96 Å². The molecule has 1 aromatic carbocycles. The first kappa shape index (κ1) is 25.5. The maximum atomic E-state index is 12.4. The molecule has 1 aromatic rings. The summed E-state index contributed by atoms with van der Waals surface area (Å²) in [6.45, 7) is 5.46. The number of nitrogens with zero attached hydrogens (tertiary/aromatic N) is 1. The Hall–Kier alpha value is -2.61. The number of hydrogen-bond donors (Lipinski definition) is 5. The molecule has 35 heavy (non-hydrogen) atoms. The summed E-state index contributed by atoms with van der Waals surface area (Å²) in [6.07, 6.45) is 11.1. The van der Waals surface area contributed by atoms with Crippen LogP contribution in [0, 0.1) is 16.7 Å². The molecule has 5 rings (SSSR count). The van der Waals surface area contributed by atoms with E-state index in [1.54, 1.807) is 17.6 Å². The molecular weight excluding hydrogens is 442 g/mol. The highest BCUT2D eigenvalue weighted by molar-refractivity contribution is 5.96. The fraction of sp³-hybridized carbons (Fsp3) is 0.667. The first-order chi connectivity index (χ1) is 16.6. The van der Waals surface area contributed by atoms with Crippen molar-refractivity contribution in [3.8, 4) is 0 Å². The fourth-order valence-electron chi connectivity index (χ4n) is 7.77. The van der Waals surface area contributed by atoms with Crippen molar-refractivity contribution in [2.24, 2.45) is 27.5 Å². The number of benzene rings is 1. The van der Waals surface area contributed by atoms with Crippen LogP contribution in [0.15, 0.2) is 29.3 Å². The third-order valence-electron chi connectivity index (χ3n) is 8.11. The number of nitrogens with one attached hydrogen (secondary N) is 3. The molecule has 8 nitrogen and oxygen atoms in total. The van der Waals surface area contributed by atoms with Gasteiger partial charge in [-0.1, -0.05) is 26.7 Å². The monoisotopic (exact) mass is 483 g/mol. The van der Waals surface area contributed by atoms with E-state index in [1.807, 2.05) is 12.1 Å². The number of hydrogen-bond acceptors (Lipinski definition) is 4. The number of anilines is 1. The Balaban J connectivity index is 1.24. The van der Waals surface area contributed by atoms with Gasteiger partial charge in [0.1, 0.15) is 0 Å². The van der Waals surface area contributed by atoms with Crippen LogP contribution >= 0.6 is 0 Å². The van der Waals surface area contributed by atoms with Gasteiger partial charge in [-0.2, -0.15) is 0 Å². The van der Waals surface area contributed by atoms with Crippen molar-refractivity contribution >= 4 is 23.5 Å². The Morgan fingerprint density at radius 3 is 2.29 bits per heavy atom. The third kappa shape index (κ3) is 6.34. The van der Waals surface area contributed by atoms with Crippen LogP contribution < -0.4 is 21.8 Å². The maximum Gasteiger partial charge on any atom is 0.251 e. The summed E-state index contributed by atoms with van der Waals surface area (Å²) in [6, 6.07) is 7.33. The second kappa shape index (κ2) is 10.2. The summed E-state index contributed by atoms with van der Waals surface area (Å²) in [5, 5.41) is 14.6. The number of amides is 2. The summed E-state index contributed by atoms with van der Waals surface area (Å²) in [5.41, 5.74) is 10.2.